The van der Waals surface area contributed by atoms with Crippen molar-refractivity contribution in [1.82, 2.24) is 4.90 Å². The number of halogens is 3. The molecule has 1 amide bonds. The minimum atomic E-state index is -4.49. The molecule has 2 aromatic rings. The molecular formula is C19H18F3N3O2S. The molecule has 9 heteroatoms. The van der Waals surface area contributed by atoms with E-state index in [1.165, 1.54) is 18.2 Å². The van der Waals surface area contributed by atoms with Gasteiger partial charge < -0.3 is 20.3 Å². The number of hydrogen-bond acceptors (Lipinski definition) is 3. The first kappa shape index (κ1) is 20.1. The van der Waals surface area contributed by atoms with Crippen molar-refractivity contribution in [3.05, 3.63) is 59.7 Å². The lowest BCUT2D eigenvalue weighted by Gasteiger charge is -2.26. The summed E-state index contributed by atoms with van der Waals surface area (Å²) in [5.41, 5.74) is 0.145. The van der Waals surface area contributed by atoms with E-state index in [0.29, 0.717) is 37.6 Å². The normalized spacial score (nSPS) is 14.5. The van der Waals surface area contributed by atoms with Crippen LogP contribution in [0.25, 0.3) is 0 Å². The van der Waals surface area contributed by atoms with Crippen molar-refractivity contribution in [3.63, 3.8) is 0 Å². The van der Waals surface area contributed by atoms with Crippen molar-refractivity contribution in [2.45, 2.75) is 6.18 Å². The van der Waals surface area contributed by atoms with E-state index >= 15 is 0 Å². The summed E-state index contributed by atoms with van der Waals surface area (Å²) < 4.78 is 44.4. The summed E-state index contributed by atoms with van der Waals surface area (Å²) in [7, 11) is 0. The Morgan fingerprint density at radius 1 is 1.00 bits per heavy atom. The zero-order chi connectivity index (χ0) is 20.1. The van der Waals surface area contributed by atoms with Gasteiger partial charge in [-0.25, -0.2) is 0 Å². The van der Waals surface area contributed by atoms with Crippen LogP contribution in [-0.4, -0.2) is 42.2 Å². The number of ether oxygens (including phenoxy) is 1. The van der Waals surface area contributed by atoms with Crippen molar-refractivity contribution < 1.29 is 22.7 Å². The minimum Gasteiger partial charge on any atom is -0.378 e. The molecule has 0 aliphatic carbocycles. The molecule has 5 nitrogen and oxygen atoms in total. The van der Waals surface area contributed by atoms with Crippen LogP contribution in [-0.2, 0) is 10.9 Å². The van der Waals surface area contributed by atoms with Gasteiger partial charge in [0.05, 0.1) is 24.5 Å². The van der Waals surface area contributed by atoms with Gasteiger partial charge in [-0.2, -0.15) is 13.2 Å². The van der Waals surface area contributed by atoms with Crippen LogP contribution in [0.3, 0.4) is 0 Å². The lowest BCUT2D eigenvalue weighted by atomic mass is 10.1. The maximum atomic E-state index is 13.1. The van der Waals surface area contributed by atoms with Gasteiger partial charge in [0.15, 0.2) is 5.11 Å². The van der Waals surface area contributed by atoms with Crippen molar-refractivity contribution in [2.75, 3.05) is 36.9 Å². The van der Waals surface area contributed by atoms with Crippen LogP contribution in [0.5, 0.6) is 0 Å². The molecular weight excluding hydrogens is 391 g/mol. The van der Waals surface area contributed by atoms with Crippen LogP contribution >= 0.6 is 12.2 Å². The number of morpholine rings is 1. The van der Waals surface area contributed by atoms with Crippen LogP contribution in [0.15, 0.2) is 48.5 Å². The van der Waals surface area contributed by atoms with Gasteiger partial charge in [0.2, 0.25) is 0 Å². The second-order valence-electron chi connectivity index (χ2n) is 6.10. The van der Waals surface area contributed by atoms with Crippen LogP contribution in [0.2, 0.25) is 0 Å². The summed E-state index contributed by atoms with van der Waals surface area (Å²) in [6.45, 7) is 2.13. The second-order valence-corrected chi connectivity index (χ2v) is 6.51. The molecule has 1 heterocycles. The van der Waals surface area contributed by atoms with E-state index in [1.807, 2.05) is 0 Å². The molecule has 3 rings (SSSR count). The minimum absolute atomic E-state index is 0.0176. The van der Waals surface area contributed by atoms with E-state index in [2.05, 4.69) is 10.6 Å². The lowest BCUT2D eigenvalue weighted by Crippen LogP contribution is -2.40. The van der Waals surface area contributed by atoms with Gasteiger partial charge in [0, 0.05) is 24.3 Å². The van der Waals surface area contributed by atoms with E-state index in [9.17, 15) is 18.0 Å². The highest BCUT2D eigenvalue weighted by atomic mass is 32.1. The van der Waals surface area contributed by atoms with E-state index in [0.717, 1.165) is 6.07 Å². The third kappa shape index (κ3) is 4.99. The molecule has 1 saturated heterocycles. The monoisotopic (exact) mass is 409 g/mol. The van der Waals surface area contributed by atoms with Gasteiger partial charge in [-0.05, 0) is 48.6 Å². The van der Waals surface area contributed by atoms with Crippen molar-refractivity contribution in [2.24, 2.45) is 0 Å². The molecule has 0 aromatic heterocycles. The smallest absolute Gasteiger partial charge is 0.378 e. The van der Waals surface area contributed by atoms with Gasteiger partial charge in [-0.15, -0.1) is 0 Å². The summed E-state index contributed by atoms with van der Waals surface area (Å²) in [5, 5.41) is 5.41. The standard InChI is InChI=1S/C19H18F3N3O2S/c20-19(21,22)15-3-1-2-4-16(15)24-18(28)23-14-7-5-13(6-8-14)17(26)25-9-11-27-12-10-25/h1-8H,9-12H2,(H2,23,24,28). The highest BCUT2D eigenvalue weighted by Gasteiger charge is 2.33. The Hall–Kier alpha value is -2.65. The molecule has 0 radical (unpaired) electrons. The average molecular weight is 409 g/mol. The number of hydrogen-bond donors (Lipinski definition) is 2. The molecule has 1 aliphatic heterocycles. The fraction of sp³-hybridized carbons (Fsp3) is 0.263. The largest absolute Gasteiger partial charge is 0.418 e. The number of thiocarbonyl (C=S) groups is 1. The van der Waals surface area contributed by atoms with Crippen LogP contribution < -0.4 is 10.6 Å². The lowest BCUT2D eigenvalue weighted by molar-refractivity contribution is -0.136. The van der Waals surface area contributed by atoms with E-state index in [4.69, 9.17) is 17.0 Å². The molecule has 0 bridgehead atoms. The molecule has 1 aliphatic rings. The van der Waals surface area contributed by atoms with Gasteiger partial charge in [-0.3, -0.25) is 4.79 Å². The van der Waals surface area contributed by atoms with Crippen molar-refractivity contribution in [3.8, 4) is 0 Å². The third-order valence-corrected chi connectivity index (χ3v) is 4.37. The maximum absolute atomic E-state index is 13.1. The molecule has 28 heavy (non-hydrogen) atoms. The maximum Gasteiger partial charge on any atom is 0.418 e. The van der Waals surface area contributed by atoms with E-state index in [1.54, 1.807) is 29.2 Å². The Bertz CT molecular complexity index is 850. The number of carbonyl (C=O) groups is 1. The summed E-state index contributed by atoms with van der Waals surface area (Å²) in [6, 6.07) is 11.7. The predicted octanol–water partition coefficient (Wildman–Crippen LogP) is 3.99. The van der Waals surface area contributed by atoms with Crippen LogP contribution in [0.1, 0.15) is 15.9 Å². The molecule has 2 aromatic carbocycles. The molecule has 2 N–H and O–H groups in total. The van der Waals surface area contributed by atoms with Gasteiger partial charge >= 0.3 is 6.18 Å². The Morgan fingerprint density at radius 3 is 2.29 bits per heavy atom. The summed E-state index contributed by atoms with van der Waals surface area (Å²) in [5.74, 6) is -0.0883. The average Bonchev–Trinajstić information content (AvgIpc) is 2.68. The molecule has 148 valence electrons. The van der Waals surface area contributed by atoms with Crippen molar-refractivity contribution in [1.29, 1.82) is 0 Å². The number of nitrogens with one attached hydrogen (secondary N) is 2. The summed E-state index contributed by atoms with van der Waals surface area (Å²) in [4.78, 5) is 14.1. The first-order valence-electron chi connectivity index (χ1n) is 8.56. The first-order chi connectivity index (χ1) is 13.3. The molecule has 0 spiro atoms. The number of anilines is 2. The fourth-order valence-electron chi connectivity index (χ4n) is 2.77. The number of amides is 1. The fourth-order valence-corrected chi connectivity index (χ4v) is 3.00. The Balaban J connectivity index is 1.63. The van der Waals surface area contributed by atoms with Crippen molar-refractivity contribution >= 4 is 34.6 Å². The highest BCUT2D eigenvalue weighted by Crippen LogP contribution is 2.34. The number of alkyl halides is 3. The summed E-state index contributed by atoms with van der Waals surface area (Å²) >= 11 is 5.11. The van der Waals surface area contributed by atoms with Gasteiger partial charge in [0.25, 0.3) is 5.91 Å². The molecule has 1 fully saturated rings. The summed E-state index contributed by atoms with van der Waals surface area (Å²) in [6.07, 6.45) is -4.49. The number of para-hydroxylation sites is 1. The Kier molecular flexibility index (Phi) is 6.15. The topological polar surface area (TPSA) is 53.6 Å². The van der Waals surface area contributed by atoms with E-state index in [-0.39, 0.29) is 16.7 Å². The van der Waals surface area contributed by atoms with Gasteiger partial charge in [0.1, 0.15) is 0 Å². The van der Waals surface area contributed by atoms with Crippen LogP contribution in [0, 0.1) is 0 Å². The number of rotatable bonds is 3. The second kappa shape index (κ2) is 8.57. The quantitative estimate of drug-likeness (QED) is 0.751. The molecule has 0 saturated carbocycles. The highest BCUT2D eigenvalue weighted by molar-refractivity contribution is 7.80. The Labute approximate surface area is 165 Å². The van der Waals surface area contributed by atoms with Crippen LogP contribution in [0.4, 0.5) is 24.5 Å². The number of benzene rings is 2. The molecule has 0 atom stereocenters. The third-order valence-electron chi connectivity index (χ3n) is 4.17. The number of nitrogens with zero attached hydrogens (tertiary/aromatic N) is 1. The molecule has 0 unspecified atom stereocenters. The zero-order valence-corrected chi connectivity index (χ0v) is 15.6. The van der Waals surface area contributed by atoms with Gasteiger partial charge in [-0.1, -0.05) is 12.1 Å². The zero-order valence-electron chi connectivity index (χ0n) is 14.8. The first-order valence-corrected chi connectivity index (χ1v) is 8.97. The predicted molar refractivity (Wildman–Crippen MR) is 104 cm³/mol. The van der Waals surface area contributed by atoms with E-state index < -0.39 is 11.7 Å². The Morgan fingerprint density at radius 2 is 1.64 bits per heavy atom. The number of carbonyl (C=O) groups excluding carboxylic acids is 1. The SMILES string of the molecule is O=C(c1ccc(NC(=S)Nc2ccccc2C(F)(F)F)cc1)N1CCOCC1.